The molecule has 1 aromatic heterocycles. The van der Waals surface area contributed by atoms with E-state index in [1.165, 1.54) is 6.08 Å². The number of aliphatic hydroxyl groups is 1. The van der Waals surface area contributed by atoms with Crippen LogP contribution < -0.4 is 0 Å². The van der Waals surface area contributed by atoms with Gasteiger partial charge in [0.2, 0.25) is 5.91 Å². The molecule has 80 valence electrons. The van der Waals surface area contributed by atoms with Crippen molar-refractivity contribution in [3.8, 4) is 0 Å². The summed E-state index contributed by atoms with van der Waals surface area (Å²) in [7, 11) is 0. The zero-order valence-corrected chi connectivity index (χ0v) is 8.51. The molecule has 0 aliphatic carbocycles. The monoisotopic (exact) mass is 207 g/mol. The van der Waals surface area contributed by atoms with Crippen molar-refractivity contribution in [1.82, 2.24) is 4.90 Å². The van der Waals surface area contributed by atoms with Crippen molar-refractivity contribution in [3.63, 3.8) is 0 Å². The van der Waals surface area contributed by atoms with E-state index in [4.69, 9.17) is 4.42 Å². The lowest BCUT2D eigenvalue weighted by atomic mass is 9.97. The van der Waals surface area contributed by atoms with Crippen molar-refractivity contribution in [2.75, 3.05) is 13.1 Å². The first kappa shape index (κ1) is 9.98. The van der Waals surface area contributed by atoms with E-state index in [0.717, 1.165) is 0 Å². The second kappa shape index (κ2) is 3.55. The number of hydrogen-bond donors (Lipinski definition) is 1. The molecule has 0 aromatic carbocycles. The predicted octanol–water partition coefficient (Wildman–Crippen LogP) is 0.886. The lowest BCUT2D eigenvalue weighted by Crippen LogP contribution is -2.61. The van der Waals surface area contributed by atoms with Crippen LogP contribution in [0.5, 0.6) is 0 Å². The van der Waals surface area contributed by atoms with Gasteiger partial charge >= 0.3 is 0 Å². The van der Waals surface area contributed by atoms with Gasteiger partial charge in [-0.3, -0.25) is 4.79 Å². The average Bonchev–Trinajstić information content (AvgIpc) is 2.62. The summed E-state index contributed by atoms with van der Waals surface area (Å²) in [5.74, 6) is 0.550. The number of furan rings is 1. The molecular formula is C11H13NO3. The summed E-state index contributed by atoms with van der Waals surface area (Å²) in [6.07, 6.45) is 4.63. The molecule has 1 N–H and O–H groups in total. The SMILES string of the molecule is CC1(O)CN(C(=O)C=Cc2ccco2)C1. The van der Waals surface area contributed by atoms with Gasteiger partial charge in [-0.25, -0.2) is 0 Å². The van der Waals surface area contributed by atoms with E-state index in [2.05, 4.69) is 0 Å². The zero-order valence-electron chi connectivity index (χ0n) is 8.51. The molecule has 4 nitrogen and oxygen atoms in total. The fraction of sp³-hybridized carbons (Fsp3) is 0.364. The maximum atomic E-state index is 11.5. The Morgan fingerprint density at radius 1 is 1.67 bits per heavy atom. The smallest absolute Gasteiger partial charge is 0.246 e. The zero-order chi connectivity index (χ0) is 10.9. The minimum Gasteiger partial charge on any atom is -0.465 e. The van der Waals surface area contributed by atoms with E-state index < -0.39 is 5.60 Å². The summed E-state index contributed by atoms with van der Waals surface area (Å²) in [6, 6.07) is 3.54. The van der Waals surface area contributed by atoms with Gasteiger partial charge < -0.3 is 14.4 Å². The Bertz CT molecular complexity index is 371. The first-order valence-electron chi connectivity index (χ1n) is 4.80. The summed E-state index contributed by atoms with van der Waals surface area (Å²) in [5, 5.41) is 9.45. The molecule has 1 aliphatic rings. The Hall–Kier alpha value is -1.55. The largest absolute Gasteiger partial charge is 0.465 e. The van der Waals surface area contributed by atoms with E-state index in [1.807, 2.05) is 0 Å². The van der Waals surface area contributed by atoms with Crippen molar-refractivity contribution in [2.24, 2.45) is 0 Å². The van der Waals surface area contributed by atoms with Crippen LogP contribution in [0.2, 0.25) is 0 Å². The van der Waals surface area contributed by atoms with E-state index in [1.54, 1.807) is 36.3 Å². The van der Waals surface area contributed by atoms with Gasteiger partial charge in [-0.15, -0.1) is 0 Å². The Labute approximate surface area is 87.8 Å². The van der Waals surface area contributed by atoms with Crippen molar-refractivity contribution in [2.45, 2.75) is 12.5 Å². The molecule has 2 heterocycles. The quantitative estimate of drug-likeness (QED) is 0.732. The molecule has 0 radical (unpaired) electrons. The molecule has 0 bridgehead atoms. The van der Waals surface area contributed by atoms with Gasteiger partial charge in [0.25, 0.3) is 0 Å². The van der Waals surface area contributed by atoms with Crippen LogP contribution in [0.15, 0.2) is 28.9 Å². The highest BCUT2D eigenvalue weighted by molar-refractivity contribution is 5.92. The van der Waals surface area contributed by atoms with Gasteiger partial charge in [0.15, 0.2) is 0 Å². The number of carbonyl (C=O) groups excluding carboxylic acids is 1. The molecule has 15 heavy (non-hydrogen) atoms. The number of amides is 1. The number of hydrogen-bond acceptors (Lipinski definition) is 3. The molecule has 0 atom stereocenters. The summed E-state index contributed by atoms with van der Waals surface area (Å²) >= 11 is 0. The van der Waals surface area contributed by atoms with Gasteiger partial charge in [0.1, 0.15) is 5.76 Å². The van der Waals surface area contributed by atoms with Crippen LogP contribution in [0.4, 0.5) is 0 Å². The first-order chi connectivity index (χ1) is 7.07. The molecule has 1 fully saturated rings. The van der Waals surface area contributed by atoms with E-state index in [9.17, 15) is 9.90 Å². The van der Waals surface area contributed by atoms with Gasteiger partial charge in [0.05, 0.1) is 25.0 Å². The normalized spacial score (nSPS) is 19.2. The topological polar surface area (TPSA) is 53.7 Å². The standard InChI is InChI=1S/C11H13NO3/c1-11(14)7-12(8-11)10(13)5-4-9-3-2-6-15-9/h2-6,14H,7-8H2,1H3. The maximum Gasteiger partial charge on any atom is 0.246 e. The number of carbonyl (C=O) groups is 1. The second-order valence-corrected chi connectivity index (χ2v) is 4.04. The average molecular weight is 207 g/mol. The third kappa shape index (κ3) is 2.27. The highest BCUT2D eigenvalue weighted by atomic mass is 16.3. The third-order valence-electron chi connectivity index (χ3n) is 2.31. The molecule has 1 amide bonds. The van der Waals surface area contributed by atoms with Crippen molar-refractivity contribution >= 4 is 12.0 Å². The lowest BCUT2D eigenvalue weighted by Gasteiger charge is -2.43. The number of rotatable bonds is 2. The number of nitrogens with zero attached hydrogens (tertiary/aromatic N) is 1. The Balaban J connectivity index is 1.89. The minimum absolute atomic E-state index is 0.0991. The van der Waals surface area contributed by atoms with Gasteiger partial charge in [0, 0.05) is 6.08 Å². The van der Waals surface area contributed by atoms with Crippen molar-refractivity contribution in [1.29, 1.82) is 0 Å². The molecule has 2 rings (SSSR count). The highest BCUT2D eigenvalue weighted by Crippen LogP contribution is 2.19. The molecular weight excluding hydrogens is 194 g/mol. The van der Waals surface area contributed by atoms with Crippen LogP contribution >= 0.6 is 0 Å². The van der Waals surface area contributed by atoms with Gasteiger partial charge in [-0.1, -0.05) is 0 Å². The fourth-order valence-electron chi connectivity index (χ4n) is 1.58. The van der Waals surface area contributed by atoms with Crippen LogP contribution in [0.3, 0.4) is 0 Å². The summed E-state index contributed by atoms with van der Waals surface area (Å²) < 4.78 is 5.05. The van der Waals surface area contributed by atoms with Gasteiger partial charge in [-0.05, 0) is 25.1 Å². The predicted molar refractivity (Wildman–Crippen MR) is 54.9 cm³/mol. The molecule has 0 unspecified atom stereocenters. The number of β-amino-alcohol motifs (C(OH)–C–C–N with tert-alkyl or cyclic N) is 1. The Kier molecular flexibility index (Phi) is 2.36. The minimum atomic E-state index is -0.714. The van der Waals surface area contributed by atoms with Gasteiger partial charge in [-0.2, -0.15) is 0 Å². The molecule has 4 heteroatoms. The Morgan fingerprint density at radius 2 is 2.40 bits per heavy atom. The van der Waals surface area contributed by atoms with E-state index >= 15 is 0 Å². The molecule has 1 aromatic rings. The Morgan fingerprint density at radius 3 is 2.93 bits per heavy atom. The second-order valence-electron chi connectivity index (χ2n) is 4.04. The fourth-order valence-corrected chi connectivity index (χ4v) is 1.58. The van der Waals surface area contributed by atoms with Crippen LogP contribution in [0, 0.1) is 0 Å². The molecule has 0 spiro atoms. The van der Waals surface area contributed by atoms with Crippen LogP contribution in [-0.4, -0.2) is 34.6 Å². The third-order valence-corrected chi connectivity index (χ3v) is 2.31. The summed E-state index contributed by atoms with van der Waals surface area (Å²) in [6.45, 7) is 2.51. The van der Waals surface area contributed by atoms with Crippen LogP contribution in [0.1, 0.15) is 12.7 Å². The maximum absolute atomic E-state index is 11.5. The first-order valence-corrected chi connectivity index (χ1v) is 4.80. The molecule has 0 saturated carbocycles. The lowest BCUT2D eigenvalue weighted by molar-refractivity contribution is -0.146. The summed E-state index contributed by atoms with van der Waals surface area (Å²) in [5.41, 5.74) is -0.714. The van der Waals surface area contributed by atoms with E-state index in [0.29, 0.717) is 18.8 Å². The van der Waals surface area contributed by atoms with Crippen molar-refractivity contribution < 1.29 is 14.3 Å². The summed E-state index contributed by atoms with van der Waals surface area (Å²) in [4.78, 5) is 13.1. The number of likely N-dealkylation sites (tertiary alicyclic amines) is 1. The molecule has 1 aliphatic heterocycles. The molecule has 1 saturated heterocycles. The highest BCUT2D eigenvalue weighted by Gasteiger charge is 2.38. The van der Waals surface area contributed by atoms with Crippen LogP contribution in [0.25, 0.3) is 6.08 Å². The van der Waals surface area contributed by atoms with Crippen LogP contribution in [-0.2, 0) is 4.79 Å². The van der Waals surface area contributed by atoms with Crippen molar-refractivity contribution in [3.05, 3.63) is 30.2 Å². The van der Waals surface area contributed by atoms with E-state index in [-0.39, 0.29) is 5.91 Å².